The van der Waals surface area contributed by atoms with Crippen LogP contribution in [0, 0.1) is 0 Å². The first-order valence-electron chi connectivity index (χ1n) is 1.36. The molecule has 7 heteroatoms. The van der Waals surface area contributed by atoms with Crippen LogP contribution in [-0.4, -0.2) is 16.6 Å². The van der Waals surface area contributed by atoms with E-state index in [4.69, 9.17) is 4.55 Å². The van der Waals surface area contributed by atoms with E-state index in [1.807, 2.05) is 0 Å². The molecule has 50 valence electrons. The summed E-state index contributed by atoms with van der Waals surface area (Å²) in [5, 5.41) is 0. The first kappa shape index (κ1) is 8.54. The van der Waals surface area contributed by atoms with Crippen LogP contribution in [0.4, 0.5) is 4.39 Å². The summed E-state index contributed by atoms with van der Waals surface area (Å²) in [7, 11) is -4.78. The molecule has 0 aliphatic heterocycles. The van der Waals surface area contributed by atoms with Crippen LogP contribution in [0.3, 0.4) is 0 Å². The van der Waals surface area contributed by atoms with Crippen LogP contribution in [0.15, 0.2) is 0 Å². The summed E-state index contributed by atoms with van der Waals surface area (Å²) in [5.74, 6) is 0. The molecule has 0 aromatic rings. The first-order chi connectivity index (χ1) is 3.25. The summed E-state index contributed by atoms with van der Waals surface area (Å²) in [6, 6.07) is 0. The Balaban J connectivity index is 4.53. The number of hydrogen-bond acceptors (Lipinski definition) is 4. The van der Waals surface area contributed by atoms with E-state index in [-0.39, 0.29) is 0 Å². The Bertz CT molecular complexity index is 163. The molecule has 8 heavy (non-hydrogen) atoms. The lowest BCUT2D eigenvalue weighted by molar-refractivity contribution is 0.418. The Hall–Kier alpha value is 0.540. The lowest BCUT2D eigenvalue weighted by Gasteiger charge is -2.05. The summed E-state index contributed by atoms with van der Waals surface area (Å²) >= 11 is 5.59. The number of hydrogen-bond donors (Lipinski definition) is 3. The average molecular weight is 178 g/mol. The third-order valence-corrected chi connectivity index (χ3v) is 2.37. The molecule has 3 nitrogen and oxygen atoms in total. The minimum atomic E-state index is -4.78. The van der Waals surface area contributed by atoms with Crippen molar-refractivity contribution in [3.8, 4) is 0 Å². The van der Waals surface area contributed by atoms with Gasteiger partial charge >= 0.3 is 13.8 Å². The second-order valence-corrected chi connectivity index (χ2v) is 4.71. The van der Waals surface area contributed by atoms with Gasteiger partial charge in [-0.2, -0.15) is 12.8 Å². The van der Waals surface area contributed by atoms with E-state index in [9.17, 15) is 12.8 Å². The minimum Gasteiger partial charge on any atom is -0.282 e. The van der Waals surface area contributed by atoms with Gasteiger partial charge in [0.2, 0.25) is 0 Å². The molecule has 0 fully saturated rings. The van der Waals surface area contributed by atoms with Crippen LogP contribution in [0.25, 0.3) is 0 Å². The number of thiol groups is 2. The molecular weight excluding hydrogens is 175 g/mol. The van der Waals surface area contributed by atoms with Crippen molar-refractivity contribution < 1.29 is 17.4 Å². The van der Waals surface area contributed by atoms with Crippen LogP contribution >= 0.6 is 25.3 Å². The van der Waals surface area contributed by atoms with Gasteiger partial charge in [0.15, 0.2) is 0 Å². The third kappa shape index (κ3) is 2.21. The molecule has 0 amide bonds. The summed E-state index contributed by atoms with van der Waals surface area (Å²) in [4.78, 5) is 0. The number of halogens is 1. The van der Waals surface area contributed by atoms with Gasteiger partial charge < -0.3 is 0 Å². The fourth-order valence-corrected chi connectivity index (χ4v) is 0. The highest BCUT2D eigenvalue weighted by atomic mass is 32.3. The van der Waals surface area contributed by atoms with Crippen LogP contribution in [0.2, 0.25) is 0 Å². The highest BCUT2D eigenvalue weighted by molar-refractivity contribution is 8.18. The Labute approximate surface area is 56.8 Å². The van der Waals surface area contributed by atoms with Gasteiger partial charge in [-0.3, -0.25) is 4.55 Å². The Morgan fingerprint density at radius 2 is 1.62 bits per heavy atom. The van der Waals surface area contributed by atoms with Gasteiger partial charge in [0, 0.05) is 0 Å². The molecule has 0 rings (SSSR count). The van der Waals surface area contributed by atoms with E-state index in [1.165, 1.54) is 0 Å². The number of rotatable bonds is 1. The van der Waals surface area contributed by atoms with Crippen LogP contribution in [-0.2, 0) is 10.1 Å². The first-order valence-corrected chi connectivity index (χ1v) is 3.69. The number of alkyl halides is 1. The van der Waals surface area contributed by atoms with Gasteiger partial charge in [0.05, 0.1) is 0 Å². The van der Waals surface area contributed by atoms with Gasteiger partial charge in [0.1, 0.15) is 0 Å². The molecule has 0 unspecified atom stereocenters. The topological polar surface area (TPSA) is 54.4 Å². The second-order valence-electron chi connectivity index (χ2n) is 1.00. The Morgan fingerprint density at radius 1 is 1.50 bits per heavy atom. The second kappa shape index (κ2) is 2.05. The van der Waals surface area contributed by atoms with Crippen molar-refractivity contribution >= 4 is 35.4 Å². The van der Waals surface area contributed by atoms with Gasteiger partial charge in [-0.15, -0.1) is 25.3 Å². The minimum absolute atomic E-state index is 2.79. The zero-order valence-corrected chi connectivity index (χ0v) is 6.05. The van der Waals surface area contributed by atoms with Crippen molar-refractivity contribution in [3.05, 3.63) is 0 Å². The predicted molar refractivity (Wildman–Crippen MR) is 33.4 cm³/mol. The largest absolute Gasteiger partial charge is 0.321 e. The fourth-order valence-electron chi connectivity index (χ4n) is 0. The van der Waals surface area contributed by atoms with Crippen LogP contribution in [0.5, 0.6) is 0 Å². The molecule has 0 saturated heterocycles. The molecule has 1 N–H and O–H groups in total. The van der Waals surface area contributed by atoms with Crippen LogP contribution < -0.4 is 0 Å². The highest BCUT2D eigenvalue weighted by Crippen LogP contribution is 2.26. The molecule has 0 aromatic carbocycles. The van der Waals surface area contributed by atoms with Gasteiger partial charge in [-0.25, -0.2) is 0 Å². The molecular formula is CH3FO3S3. The van der Waals surface area contributed by atoms with Crippen molar-refractivity contribution in [2.45, 2.75) is 3.66 Å². The summed E-state index contributed by atoms with van der Waals surface area (Å²) in [5.41, 5.74) is 0. The van der Waals surface area contributed by atoms with E-state index >= 15 is 0 Å². The normalized spacial score (nSPS) is 14.0. The highest BCUT2D eigenvalue weighted by Gasteiger charge is 2.34. The Morgan fingerprint density at radius 3 is 1.62 bits per heavy atom. The fraction of sp³-hybridized carbons (Fsp3) is 1.00. The van der Waals surface area contributed by atoms with Gasteiger partial charge in [0.25, 0.3) is 0 Å². The van der Waals surface area contributed by atoms with Gasteiger partial charge in [-0.05, 0) is 0 Å². The summed E-state index contributed by atoms with van der Waals surface area (Å²) in [6.45, 7) is 0. The van der Waals surface area contributed by atoms with E-state index < -0.39 is 13.8 Å². The lowest BCUT2D eigenvalue weighted by Crippen LogP contribution is -2.19. The SMILES string of the molecule is O=S(=O)(O)C(F)(S)S. The maximum absolute atomic E-state index is 11.8. The lowest BCUT2D eigenvalue weighted by atomic mass is 11.7. The van der Waals surface area contributed by atoms with Crippen molar-refractivity contribution in [3.63, 3.8) is 0 Å². The molecule has 0 atom stereocenters. The van der Waals surface area contributed by atoms with E-state index in [1.54, 1.807) is 0 Å². The van der Waals surface area contributed by atoms with E-state index in [0.29, 0.717) is 0 Å². The standard InChI is InChI=1S/CH3FO3S3/c2-1(6,7)8(3,4)5/h6-7H,(H,3,4,5). The molecule has 0 saturated carbocycles. The van der Waals surface area contributed by atoms with Crippen LogP contribution in [0.1, 0.15) is 0 Å². The molecule has 0 aliphatic rings. The molecule has 0 radical (unpaired) electrons. The van der Waals surface area contributed by atoms with Crippen molar-refractivity contribution in [1.82, 2.24) is 0 Å². The van der Waals surface area contributed by atoms with E-state index in [0.717, 1.165) is 0 Å². The van der Waals surface area contributed by atoms with Crippen molar-refractivity contribution in [1.29, 1.82) is 0 Å². The molecule has 0 spiro atoms. The maximum Gasteiger partial charge on any atom is 0.321 e. The molecule has 0 heterocycles. The van der Waals surface area contributed by atoms with Crippen molar-refractivity contribution in [2.24, 2.45) is 0 Å². The quantitative estimate of drug-likeness (QED) is 0.308. The van der Waals surface area contributed by atoms with Crippen molar-refractivity contribution in [2.75, 3.05) is 0 Å². The smallest absolute Gasteiger partial charge is 0.282 e. The molecule has 0 bridgehead atoms. The summed E-state index contributed by atoms with van der Waals surface area (Å²) < 4.78 is 35.8. The van der Waals surface area contributed by atoms with Gasteiger partial charge in [-0.1, -0.05) is 0 Å². The monoisotopic (exact) mass is 178 g/mol. The Kier molecular flexibility index (Phi) is 2.19. The third-order valence-electron chi connectivity index (χ3n) is 0.328. The zero-order chi connectivity index (χ0) is 7.00. The molecule has 0 aliphatic carbocycles. The summed E-state index contributed by atoms with van der Waals surface area (Å²) in [6.07, 6.45) is 0. The van der Waals surface area contributed by atoms with E-state index in [2.05, 4.69) is 25.3 Å². The average Bonchev–Trinajstić information content (AvgIpc) is 1.25. The molecule has 0 aromatic heterocycles. The zero-order valence-electron chi connectivity index (χ0n) is 3.44. The maximum atomic E-state index is 11.8. The predicted octanol–water partition coefficient (Wildman–Crippen LogP) is 0.315.